The molecule has 0 saturated carbocycles. The van der Waals surface area contributed by atoms with Crippen LogP contribution >= 0.6 is 0 Å². The molecule has 0 atom stereocenters. The lowest BCUT2D eigenvalue weighted by molar-refractivity contribution is -0.422. The van der Waals surface area contributed by atoms with Crippen LogP contribution in [0, 0.1) is 5.82 Å². The molecular weight excluding hydrogens is 940 g/mol. The summed E-state index contributed by atoms with van der Waals surface area (Å²) in [6.07, 6.45) is 0.0384. The van der Waals surface area contributed by atoms with Crippen molar-refractivity contribution in [2.24, 2.45) is 0 Å². The third-order valence-electron chi connectivity index (χ3n) is 8.73. The van der Waals surface area contributed by atoms with E-state index in [2.05, 4.69) is 24.5 Å². The van der Waals surface area contributed by atoms with Crippen molar-refractivity contribution >= 4 is 30.0 Å². The molecule has 0 N–H and O–H groups in total. The molecule has 0 aromatic heterocycles. The minimum Gasteiger partial charge on any atom is -0.494 e. The van der Waals surface area contributed by atoms with Crippen molar-refractivity contribution in [1.29, 1.82) is 0 Å². The minimum absolute atomic E-state index is 0.184. The Morgan fingerprint density at radius 2 is 0.971 bits per heavy atom. The summed E-state index contributed by atoms with van der Waals surface area (Å²) in [5.74, 6) is -29.9. The highest BCUT2D eigenvalue weighted by atomic mass is 19.4. The smallest absolute Gasteiger partial charge is 0.460 e. The third kappa shape index (κ3) is 17.5. The summed E-state index contributed by atoms with van der Waals surface area (Å²) in [4.78, 5) is 44.8. The number of hydrogen-bond donors (Lipinski definition) is 0. The number of hydrogen-bond acceptors (Lipinski definition) is 10. The lowest BCUT2D eigenvalue weighted by Crippen LogP contribution is -2.66. The van der Waals surface area contributed by atoms with E-state index in [9.17, 15) is 71.9 Å². The van der Waals surface area contributed by atoms with Crippen molar-refractivity contribution in [2.75, 3.05) is 33.0 Å². The number of unbranched alkanes of at least 4 members (excludes halogenated alkanes) is 3. The van der Waals surface area contributed by atoms with E-state index in [-0.39, 0.29) is 13.2 Å². The van der Waals surface area contributed by atoms with Crippen molar-refractivity contribution in [3.05, 3.63) is 122 Å². The van der Waals surface area contributed by atoms with Crippen molar-refractivity contribution in [2.45, 2.75) is 68.4 Å². The molecule has 0 fully saturated rings. The van der Waals surface area contributed by atoms with Gasteiger partial charge in [-0.1, -0.05) is 44.0 Å². The number of halogens is 12. The van der Waals surface area contributed by atoms with Crippen LogP contribution in [0.15, 0.2) is 111 Å². The van der Waals surface area contributed by atoms with E-state index in [0.717, 1.165) is 49.1 Å². The van der Waals surface area contributed by atoms with Gasteiger partial charge in [-0.05, 0) is 79.3 Å². The van der Waals surface area contributed by atoms with E-state index in [1.54, 1.807) is 42.5 Å². The van der Waals surface area contributed by atoms with Gasteiger partial charge >= 0.3 is 53.7 Å². The highest BCUT2D eigenvalue weighted by molar-refractivity contribution is 5.89. The van der Waals surface area contributed by atoms with Crippen LogP contribution in [-0.2, 0) is 33.4 Å². The summed E-state index contributed by atoms with van der Waals surface area (Å²) in [5.41, 5.74) is 1.79. The first kappa shape index (κ1) is 57.4. The monoisotopic (exact) mass is 984 g/mol. The molecule has 0 radical (unpaired) electrons. The summed E-state index contributed by atoms with van der Waals surface area (Å²) >= 11 is 0. The Labute approximate surface area is 381 Å². The molecule has 22 heteroatoms. The minimum atomic E-state index is -7.45. The van der Waals surface area contributed by atoms with E-state index < -0.39 is 72.6 Å². The second-order valence-electron chi connectivity index (χ2n) is 13.7. The van der Waals surface area contributed by atoms with E-state index in [1.807, 2.05) is 24.3 Å². The number of carbonyl (C=O) groups is 4. The Hall–Kier alpha value is -6.74. The largest absolute Gasteiger partial charge is 0.494 e. The average Bonchev–Trinajstić information content (AvgIpc) is 3.29. The molecule has 0 saturated heterocycles. The van der Waals surface area contributed by atoms with Gasteiger partial charge in [0.2, 0.25) is 0 Å². The molecule has 0 amide bonds. The zero-order valence-electron chi connectivity index (χ0n) is 35.8. The summed E-state index contributed by atoms with van der Waals surface area (Å²) in [5, 5.41) is 0. The van der Waals surface area contributed by atoms with Crippen LogP contribution < -0.4 is 14.2 Å². The molecule has 0 unspecified atom stereocenters. The SMILES string of the molecule is C=CC(=O)OCCC(F)(F)C(F)(F)C(F)(F)C(F)(F)C(F)(F)F.C=CC(=O)OCCCCCCOc1ccc(/C=C/C(=O)Oc2ccc(-c3ccc(OCCCOC(=O)C=C)cc3F)cc2)cc1. The van der Waals surface area contributed by atoms with Gasteiger partial charge in [0.1, 0.15) is 23.1 Å². The number of alkyl halides is 11. The van der Waals surface area contributed by atoms with Gasteiger partial charge in [-0.25, -0.2) is 23.6 Å². The van der Waals surface area contributed by atoms with Crippen LogP contribution in [0.5, 0.6) is 17.2 Å². The normalized spacial score (nSPS) is 11.9. The van der Waals surface area contributed by atoms with Gasteiger partial charge in [-0.3, -0.25) is 0 Å². The summed E-state index contributed by atoms with van der Waals surface area (Å²) in [7, 11) is 0. The zero-order valence-corrected chi connectivity index (χ0v) is 35.8. The Morgan fingerprint density at radius 1 is 0.500 bits per heavy atom. The highest BCUT2D eigenvalue weighted by Crippen LogP contribution is 2.58. The van der Waals surface area contributed by atoms with Crippen LogP contribution in [0.3, 0.4) is 0 Å². The fraction of sp³-hybridized carbons (Fsp3) is 0.348. The molecule has 0 aliphatic carbocycles. The number of ether oxygens (including phenoxy) is 6. The van der Waals surface area contributed by atoms with Crippen LogP contribution in [0.1, 0.15) is 44.1 Å². The van der Waals surface area contributed by atoms with Crippen LogP contribution in [0.4, 0.5) is 52.7 Å². The van der Waals surface area contributed by atoms with Gasteiger partial charge < -0.3 is 28.4 Å². The Balaban J connectivity index is 0.000000582. The van der Waals surface area contributed by atoms with E-state index in [1.165, 1.54) is 12.1 Å². The van der Waals surface area contributed by atoms with Gasteiger partial charge in [-0.2, -0.15) is 48.3 Å². The Kier molecular flexibility index (Phi) is 22.4. The lowest BCUT2D eigenvalue weighted by Gasteiger charge is -2.37. The topological polar surface area (TPSA) is 124 Å². The van der Waals surface area contributed by atoms with Crippen LogP contribution in [-0.4, -0.2) is 86.8 Å². The maximum atomic E-state index is 14.7. The van der Waals surface area contributed by atoms with Crippen LogP contribution in [0.25, 0.3) is 17.2 Å². The molecule has 0 spiro atoms. The molecule has 3 aromatic rings. The number of carbonyl (C=O) groups excluding carboxylic acids is 4. The van der Waals surface area contributed by atoms with Crippen LogP contribution in [0.2, 0.25) is 0 Å². The van der Waals surface area contributed by atoms with Crippen molar-refractivity contribution in [1.82, 2.24) is 0 Å². The number of esters is 4. The molecule has 3 aromatic carbocycles. The first-order chi connectivity index (χ1) is 31.8. The van der Waals surface area contributed by atoms with Gasteiger partial charge in [0.05, 0.1) is 39.5 Å². The first-order valence-electron chi connectivity index (χ1n) is 19.9. The quantitative estimate of drug-likeness (QED) is 0.0192. The highest BCUT2D eigenvalue weighted by Gasteiger charge is 2.86. The maximum Gasteiger partial charge on any atom is 0.460 e. The molecule has 0 aliphatic rings. The Bertz CT molecular complexity index is 2170. The molecule has 10 nitrogen and oxygen atoms in total. The molecule has 0 bridgehead atoms. The molecule has 0 heterocycles. The lowest BCUT2D eigenvalue weighted by atomic mass is 9.96. The van der Waals surface area contributed by atoms with E-state index in [0.29, 0.717) is 48.3 Å². The molecule has 3 rings (SSSR count). The van der Waals surface area contributed by atoms with E-state index in [4.69, 9.17) is 23.7 Å². The zero-order chi connectivity index (χ0) is 51.2. The van der Waals surface area contributed by atoms with Gasteiger partial charge in [0.15, 0.2) is 0 Å². The summed E-state index contributed by atoms with van der Waals surface area (Å²) in [6.45, 7) is 9.22. The van der Waals surface area contributed by atoms with E-state index >= 15 is 0 Å². The summed E-state index contributed by atoms with van der Waals surface area (Å²) in [6, 6.07) is 18.4. The Morgan fingerprint density at radius 3 is 1.50 bits per heavy atom. The van der Waals surface area contributed by atoms with Crippen molar-refractivity contribution in [3.8, 4) is 28.4 Å². The summed E-state index contributed by atoms with van der Waals surface area (Å²) < 4.78 is 183. The second kappa shape index (κ2) is 26.6. The van der Waals surface area contributed by atoms with Gasteiger partial charge in [-0.15, -0.1) is 0 Å². The molecular formula is C46H44F12O10. The predicted octanol–water partition coefficient (Wildman–Crippen LogP) is 11.5. The third-order valence-corrected chi connectivity index (χ3v) is 8.73. The van der Waals surface area contributed by atoms with Gasteiger partial charge in [0.25, 0.3) is 0 Å². The fourth-order valence-electron chi connectivity index (χ4n) is 5.07. The predicted molar refractivity (Wildman–Crippen MR) is 221 cm³/mol. The number of benzene rings is 3. The molecule has 372 valence electrons. The standard InChI is InChI=1S/C36H37FO8.C10H7F11O2/c1-3-34(38)43-23-8-6-5-7-22-41-29-15-10-27(11-16-29)12-21-36(40)45-30-17-13-28(14-18-30)32-20-19-31(26-33(32)37)42-24-9-25-44-35(39)4-2;1-2-5(22)23-4-3-6(11,12)7(13,14)8(15,16)9(17,18)10(19,20)21/h3-4,10-21,26H,1-2,5-9,22-25H2;2H,1,3-4H2/b21-12+;. The molecule has 68 heavy (non-hydrogen) atoms. The maximum absolute atomic E-state index is 14.7. The van der Waals surface area contributed by atoms with Crippen molar-refractivity contribution < 1.29 is 100 Å². The number of rotatable bonds is 26. The first-order valence-corrected chi connectivity index (χ1v) is 19.9. The second-order valence-corrected chi connectivity index (χ2v) is 13.7. The fourth-order valence-corrected chi connectivity index (χ4v) is 5.07. The van der Waals surface area contributed by atoms with Crippen molar-refractivity contribution in [3.63, 3.8) is 0 Å². The van der Waals surface area contributed by atoms with Gasteiger partial charge in [0, 0.05) is 42.4 Å². The molecule has 0 aliphatic heterocycles. The average molecular weight is 985 g/mol.